The number of rotatable bonds is 3. The third kappa shape index (κ3) is 2.62. The zero-order chi connectivity index (χ0) is 14.2. The van der Waals surface area contributed by atoms with Crippen LogP contribution in [-0.2, 0) is 14.1 Å². The van der Waals surface area contributed by atoms with E-state index in [0.29, 0.717) is 27.1 Å². The highest BCUT2D eigenvalue weighted by molar-refractivity contribution is 7.99. The highest BCUT2D eigenvalue weighted by atomic mass is 35.5. The summed E-state index contributed by atoms with van der Waals surface area (Å²) in [5, 5.41) is 1.37. The Hall–Kier alpha value is -1.47. The van der Waals surface area contributed by atoms with Crippen LogP contribution in [0.2, 0.25) is 0 Å². The lowest BCUT2D eigenvalue weighted by Crippen LogP contribution is -2.29. The zero-order valence-corrected chi connectivity index (χ0v) is 12.3. The molecule has 0 aliphatic carbocycles. The van der Waals surface area contributed by atoms with E-state index in [-0.39, 0.29) is 0 Å². The van der Waals surface area contributed by atoms with Crippen molar-refractivity contribution in [2.45, 2.75) is 12.1 Å². The maximum Gasteiger partial charge on any atom is 0.329 e. The maximum absolute atomic E-state index is 11.8. The summed E-state index contributed by atoms with van der Waals surface area (Å²) < 4.78 is 3.00. The average molecular weight is 301 g/mol. The summed E-state index contributed by atoms with van der Waals surface area (Å²) in [6, 6.07) is 0. The van der Waals surface area contributed by atoms with Crippen LogP contribution in [-0.4, -0.2) is 24.9 Å². The van der Waals surface area contributed by atoms with Crippen molar-refractivity contribution in [1.82, 2.24) is 19.1 Å². The van der Waals surface area contributed by atoms with Crippen LogP contribution in [0.4, 0.5) is 0 Å². The van der Waals surface area contributed by atoms with Gasteiger partial charge in [0.2, 0.25) is 0 Å². The Morgan fingerprint density at radius 2 is 2.11 bits per heavy atom. The molecule has 0 aromatic carbocycles. The van der Waals surface area contributed by atoms with E-state index < -0.39 is 11.2 Å². The van der Waals surface area contributed by atoms with Crippen LogP contribution in [0.15, 0.2) is 25.9 Å². The molecule has 2 heterocycles. The Bertz CT molecular complexity index is 767. The number of aromatic nitrogens is 4. The number of hydrogen-bond donors (Lipinski definition) is 1. The molecule has 0 bridgehead atoms. The van der Waals surface area contributed by atoms with Crippen LogP contribution < -0.4 is 11.2 Å². The molecular formula is C11H13ClN4O2S. The molecule has 6 nitrogen and oxygen atoms in total. The van der Waals surface area contributed by atoms with Gasteiger partial charge in [0.1, 0.15) is 0 Å². The van der Waals surface area contributed by atoms with Gasteiger partial charge in [0.15, 0.2) is 16.3 Å². The molecule has 0 spiro atoms. The van der Waals surface area contributed by atoms with Crippen LogP contribution >= 0.6 is 23.4 Å². The van der Waals surface area contributed by atoms with Gasteiger partial charge in [-0.3, -0.25) is 14.3 Å². The number of H-pyrrole nitrogens is 1. The molecule has 102 valence electrons. The van der Waals surface area contributed by atoms with E-state index in [1.54, 1.807) is 25.6 Å². The fourth-order valence-corrected chi connectivity index (χ4v) is 2.74. The molecule has 8 heteroatoms. The lowest BCUT2D eigenvalue weighted by atomic mass is 10.5. The molecule has 2 aromatic rings. The zero-order valence-electron chi connectivity index (χ0n) is 10.7. The Labute approximate surface area is 118 Å². The van der Waals surface area contributed by atoms with Crippen molar-refractivity contribution in [3.63, 3.8) is 0 Å². The second-order valence-electron chi connectivity index (χ2n) is 4.05. The first-order chi connectivity index (χ1) is 8.91. The van der Waals surface area contributed by atoms with Gasteiger partial charge in [0, 0.05) is 24.9 Å². The van der Waals surface area contributed by atoms with E-state index in [2.05, 4.69) is 9.97 Å². The molecule has 0 fully saturated rings. The Morgan fingerprint density at radius 3 is 2.74 bits per heavy atom. The van der Waals surface area contributed by atoms with Crippen LogP contribution in [0, 0.1) is 0 Å². The summed E-state index contributed by atoms with van der Waals surface area (Å²) in [5.41, 5.74) is -0.130. The summed E-state index contributed by atoms with van der Waals surface area (Å²) in [6.07, 6.45) is 1.86. The first kappa shape index (κ1) is 14.0. The molecule has 0 atom stereocenters. The number of halogens is 1. The standard InChI is InChI=1S/C11H13ClN4O2S/c1-6(12)4-5-19-11-13-8-7(15(11)2)9(17)14-10(18)16(8)3/h4H,5H2,1-3H3,(H,14,17,18)/b6-4+. The number of aromatic amines is 1. The summed E-state index contributed by atoms with van der Waals surface area (Å²) >= 11 is 7.20. The normalized spacial score (nSPS) is 12.3. The molecule has 0 aliphatic heterocycles. The van der Waals surface area contributed by atoms with Gasteiger partial charge < -0.3 is 4.57 Å². The van der Waals surface area contributed by atoms with Crippen molar-refractivity contribution in [3.8, 4) is 0 Å². The lowest BCUT2D eigenvalue weighted by molar-refractivity contribution is 0.812. The van der Waals surface area contributed by atoms with Crippen LogP contribution in [0.25, 0.3) is 11.2 Å². The van der Waals surface area contributed by atoms with Crippen molar-refractivity contribution in [2.75, 3.05) is 5.75 Å². The summed E-state index contributed by atoms with van der Waals surface area (Å²) in [6.45, 7) is 1.80. The molecule has 0 unspecified atom stereocenters. The monoisotopic (exact) mass is 300 g/mol. The number of aryl methyl sites for hydroxylation is 2. The van der Waals surface area contributed by atoms with Gasteiger partial charge >= 0.3 is 5.69 Å². The Morgan fingerprint density at radius 1 is 1.42 bits per heavy atom. The van der Waals surface area contributed by atoms with Crippen molar-refractivity contribution in [3.05, 3.63) is 31.9 Å². The van der Waals surface area contributed by atoms with Crippen LogP contribution in [0.3, 0.4) is 0 Å². The van der Waals surface area contributed by atoms with Crippen LogP contribution in [0.1, 0.15) is 6.92 Å². The summed E-state index contributed by atoms with van der Waals surface area (Å²) in [5.74, 6) is 0.651. The van der Waals surface area contributed by atoms with Crippen molar-refractivity contribution >= 4 is 34.5 Å². The van der Waals surface area contributed by atoms with Gasteiger partial charge in [0.05, 0.1) is 0 Å². The van der Waals surface area contributed by atoms with E-state index in [9.17, 15) is 9.59 Å². The molecule has 0 amide bonds. The van der Waals surface area contributed by atoms with E-state index in [1.165, 1.54) is 16.3 Å². The fraction of sp³-hybridized carbons (Fsp3) is 0.364. The SMILES string of the molecule is C/C(Cl)=C\CSc1nc2c(c(=O)[nH]c(=O)n2C)n1C. The van der Waals surface area contributed by atoms with Crippen molar-refractivity contribution < 1.29 is 0 Å². The topological polar surface area (TPSA) is 72.7 Å². The minimum absolute atomic E-state index is 0.380. The summed E-state index contributed by atoms with van der Waals surface area (Å²) in [7, 11) is 3.32. The molecule has 2 rings (SSSR count). The third-order valence-corrected chi connectivity index (χ3v) is 3.78. The molecule has 0 saturated carbocycles. The van der Waals surface area contributed by atoms with Gasteiger partial charge in [-0.25, -0.2) is 9.78 Å². The number of allylic oxidation sites excluding steroid dienone is 1. The molecule has 1 N–H and O–H groups in total. The second kappa shape index (κ2) is 5.26. The number of nitrogens with one attached hydrogen (secondary N) is 1. The van der Waals surface area contributed by atoms with E-state index in [0.717, 1.165) is 0 Å². The minimum atomic E-state index is -0.469. The molecule has 0 aliphatic rings. The first-order valence-corrected chi connectivity index (χ1v) is 6.89. The van der Waals surface area contributed by atoms with Crippen molar-refractivity contribution in [2.24, 2.45) is 14.1 Å². The molecule has 0 radical (unpaired) electrons. The van der Waals surface area contributed by atoms with Crippen LogP contribution in [0.5, 0.6) is 0 Å². The number of imidazole rings is 1. The number of nitrogens with zero attached hydrogens (tertiary/aromatic N) is 3. The minimum Gasteiger partial charge on any atom is -0.316 e. The van der Waals surface area contributed by atoms with Gasteiger partial charge in [0.25, 0.3) is 5.56 Å². The Balaban J connectivity index is 2.54. The van der Waals surface area contributed by atoms with Gasteiger partial charge in [-0.05, 0) is 6.92 Å². The van der Waals surface area contributed by atoms with E-state index >= 15 is 0 Å². The van der Waals surface area contributed by atoms with Gasteiger partial charge in [-0.1, -0.05) is 29.4 Å². The van der Waals surface area contributed by atoms with Gasteiger partial charge in [-0.15, -0.1) is 0 Å². The maximum atomic E-state index is 11.8. The second-order valence-corrected chi connectivity index (χ2v) is 5.63. The predicted molar refractivity (Wildman–Crippen MR) is 76.9 cm³/mol. The number of hydrogen-bond acceptors (Lipinski definition) is 4. The Kier molecular flexibility index (Phi) is 3.86. The summed E-state index contributed by atoms with van der Waals surface area (Å²) in [4.78, 5) is 29.9. The number of fused-ring (bicyclic) bond motifs is 1. The fourth-order valence-electron chi connectivity index (χ4n) is 1.65. The average Bonchev–Trinajstić information content (AvgIpc) is 2.64. The van der Waals surface area contributed by atoms with Crippen molar-refractivity contribution in [1.29, 1.82) is 0 Å². The van der Waals surface area contributed by atoms with E-state index in [1.807, 2.05) is 6.08 Å². The van der Waals surface area contributed by atoms with E-state index in [4.69, 9.17) is 11.6 Å². The van der Waals surface area contributed by atoms with Gasteiger partial charge in [-0.2, -0.15) is 0 Å². The quantitative estimate of drug-likeness (QED) is 0.864. The highest BCUT2D eigenvalue weighted by Gasteiger charge is 2.14. The predicted octanol–water partition coefficient (Wildman–Crippen LogP) is 1.19. The lowest BCUT2D eigenvalue weighted by Gasteiger charge is -1.99. The molecule has 19 heavy (non-hydrogen) atoms. The molecule has 2 aromatic heterocycles. The number of thioether (sulfide) groups is 1. The largest absolute Gasteiger partial charge is 0.329 e. The first-order valence-electron chi connectivity index (χ1n) is 5.52. The molecule has 0 saturated heterocycles. The smallest absolute Gasteiger partial charge is 0.316 e. The third-order valence-electron chi connectivity index (χ3n) is 2.67. The highest BCUT2D eigenvalue weighted by Crippen LogP contribution is 2.20. The molecular weight excluding hydrogens is 288 g/mol.